The molecule has 0 spiro atoms. The fraction of sp³-hybridized carbons (Fsp3) is 0.276. The number of fused-ring (bicyclic) bond motifs is 1. The molecule has 38 heavy (non-hydrogen) atoms. The van der Waals surface area contributed by atoms with Gasteiger partial charge in [-0.1, -0.05) is 24.3 Å². The minimum Gasteiger partial charge on any atom is -0.497 e. The minimum absolute atomic E-state index is 0.185. The quantitative estimate of drug-likeness (QED) is 0.461. The van der Waals surface area contributed by atoms with Gasteiger partial charge in [0.25, 0.3) is 11.8 Å². The molecule has 2 N–H and O–H groups in total. The molecule has 3 amide bonds. The van der Waals surface area contributed by atoms with E-state index in [1.54, 1.807) is 79.8 Å². The molecule has 3 aromatic rings. The number of carbonyl (C=O) groups excluding carboxylic acids is 3. The second-order valence-corrected chi connectivity index (χ2v) is 9.22. The number of nitrogens with zero attached hydrogens (tertiary/aromatic N) is 3. The highest BCUT2D eigenvalue weighted by atomic mass is 16.5. The predicted octanol–water partition coefficient (Wildman–Crippen LogP) is 3.35. The fourth-order valence-corrected chi connectivity index (χ4v) is 4.52. The average Bonchev–Trinajstić information content (AvgIpc) is 3.00. The number of ether oxygens (including phenoxy) is 2. The van der Waals surface area contributed by atoms with Crippen LogP contribution in [-0.4, -0.2) is 50.6 Å². The summed E-state index contributed by atoms with van der Waals surface area (Å²) in [5.41, 5.74) is 8.65. The molecule has 1 aliphatic rings. The Bertz CT molecular complexity index is 1310. The Kier molecular flexibility index (Phi) is 7.97. The van der Waals surface area contributed by atoms with E-state index in [1.807, 2.05) is 26.0 Å². The molecule has 1 unspecified atom stereocenters. The second kappa shape index (κ2) is 11.4. The highest BCUT2D eigenvalue weighted by Gasteiger charge is 2.39. The largest absolute Gasteiger partial charge is 0.497 e. The molecule has 9 nitrogen and oxygen atoms in total. The summed E-state index contributed by atoms with van der Waals surface area (Å²) in [4.78, 5) is 45.0. The molecule has 0 aliphatic carbocycles. The van der Waals surface area contributed by atoms with Crippen LogP contribution in [0.15, 0.2) is 72.8 Å². The lowest BCUT2D eigenvalue weighted by atomic mass is 10.1. The molecule has 1 atom stereocenters. The van der Waals surface area contributed by atoms with Crippen molar-refractivity contribution < 1.29 is 23.9 Å². The number of rotatable bonds is 8. The van der Waals surface area contributed by atoms with E-state index < -0.39 is 17.9 Å². The zero-order valence-electron chi connectivity index (χ0n) is 22.0. The Morgan fingerprint density at radius 2 is 1.34 bits per heavy atom. The normalized spacial score (nSPS) is 15.3. The summed E-state index contributed by atoms with van der Waals surface area (Å²) in [6.07, 6.45) is 0. The molecular formula is C29H32N4O5. The number of anilines is 3. The molecule has 1 heterocycles. The third-order valence-electron chi connectivity index (χ3n) is 6.46. The van der Waals surface area contributed by atoms with Crippen LogP contribution in [0.1, 0.15) is 19.4 Å². The third-order valence-corrected chi connectivity index (χ3v) is 6.46. The summed E-state index contributed by atoms with van der Waals surface area (Å²) in [6.45, 7) is 3.71. The van der Waals surface area contributed by atoms with E-state index in [2.05, 4.69) is 0 Å². The zero-order valence-corrected chi connectivity index (χ0v) is 22.0. The summed E-state index contributed by atoms with van der Waals surface area (Å²) in [7, 11) is 3.16. The number of amides is 3. The van der Waals surface area contributed by atoms with Crippen molar-refractivity contribution in [2.45, 2.75) is 32.5 Å². The van der Waals surface area contributed by atoms with Crippen molar-refractivity contribution in [1.29, 1.82) is 0 Å². The van der Waals surface area contributed by atoms with E-state index in [0.29, 0.717) is 28.6 Å². The van der Waals surface area contributed by atoms with Gasteiger partial charge in [0.1, 0.15) is 18.0 Å². The Balaban J connectivity index is 1.68. The molecule has 0 saturated carbocycles. The summed E-state index contributed by atoms with van der Waals surface area (Å²) in [5, 5.41) is 0. The van der Waals surface area contributed by atoms with Crippen LogP contribution in [0.2, 0.25) is 0 Å². The van der Waals surface area contributed by atoms with Crippen LogP contribution in [0, 0.1) is 0 Å². The monoisotopic (exact) mass is 516 g/mol. The number of hydrogen-bond acceptors (Lipinski definition) is 6. The van der Waals surface area contributed by atoms with Gasteiger partial charge in [-0.25, -0.2) is 0 Å². The van der Waals surface area contributed by atoms with Gasteiger partial charge in [-0.3, -0.25) is 19.3 Å². The predicted molar refractivity (Wildman–Crippen MR) is 147 cm³/mol. The Hall–Kier alpha value is -4.37. The Morgan fingerprint density at radius 3 is 1.87 bits per heavy atom. The highest BCUT2D eigenvalue weighted by Crippen LogP contribution is 2.34. The molecule has 0 aromatic heterocycles. The maximum absolute atomic E-state index is 13.6. The van der Waals surface area contributed by atoms with Crippen molar-refractivity contribution >= 4 is 34.8 Å². The molecule has 4 rings (SSSR count). The van der Waals surface area contributed by atoms with Gasteiger partial charge in [-0.2, -0.15) is 0 Å². The second-order valence-electron chi connectivity index (χ2n) is 9.22. The van der Waals surface area contributed by atoms with Gasteiger partial charge in [0.15, 0.2) is 6.04 Å². The van der Waals surface area contributed by atoms with Crippen molar-refractivity contribution in [2.75, 3.05) is 35.5 Å². The van der Waals surface area contributed by atoms with Gasteiger partial charge < -0.3 is 25.0 Å². The fourth-order valence-electron chi connectivity index (χ4n) is 4.52. The van der Waals surface area contributed by atoms with Crippen molar-refractivity contribution in [1.82, 2.24) is 0 Å². The van der Waals surface area contributed by atoms with Crippen LogP contribution in [0.25, 0.3) is 0 Å². The van der Waals surface area contributed by atoms with Crippen LogP contribution < -0.4 is 29.9 Å². The standard InChI is InChI=1S/C29H32N4O5/c1-19(2)33(21-11-15-23(38-4)16-12-21)26(34)18-32-25-8-6-5-7-24(25)31(28(35)27(30)29(32)36)17-20-9-13-22(37-3)14-10-20/h5-16,19,27H,17-18,30H2,1-4H3. The van der Waals surface area contributed by atoms with E-state index in [1.165, 1.54) is 9.80 Å². The lowest BCUT2D eigenvalue weighted by Gasteiger charge is -2.31. The van der Waals surface area contributed by atoms with Gasteiger partial charge >= 0.3 is 0 Å². The van der Waals surface area contributed by atoms with E-state index in [4.69, 9.17) is 15.2 Å². The molecule has 0 fully saturated rings. The number of carbonyl (C=O) groups is 3. The summed E-state index contributed by atoms with van der Waals surface area (Å²) < 4.78 is 10.5. The van der Waals surface area contributed by atoms with Crippen LogP contribution in [0.3, 0.4) is 0 Å². The van der Waals surface area contributed by atoms with E-state index in [-0.39, 0.29) is 25.0 Å². The smallest absolute Gasteiger partial charge is 0.254 e. The van der Waals surface area contributed by atoms with Crippen molar-refractivity contribution in [2.24, 2.45) is 5.73 Å². The maximum atomic E-state index is 13.6. The first-order valence-corrected chi connectivity index (χ1v) is 12.3. The third kappa shape index (κ3) is 5.33. The van der Waals surface area contributed by atoms with E-state index in [0.717, 1.165) is 5.56 Å². The van der Waals surface area contributed by atoms with Gasteiger partial charge in [0, 0.05) is 11.7 Å². The molecule has 9 heteroatoms. The van der Waals surface area contributed by atoms with Crippen molar-refractivity contribution in [3.8, 4) is 11.5 Å². The molecule has 1 aliphatic heterocycles. The van der Waals surface area contributed by atoms with Gasteiger partial charge in [-0.15, -0.1) is 0 Å². The molecule has 3 aromatic carbocycles. The van der Waals surface area contributed by atoms with Crippen molar-refractivity contribution in [3.63, 3.8) is 0 Å². The highest BCUT2D eigenvalue weighted by molar-refractivity contribution is 6.21. The summed E-state index contributed by atoms with van der Waals surface area (Å²) in [6, 6.07) is 19.8. The van der Waals surface area contributed by atoms with Crippen LogP contribution in [0.4, 0.5) is 17.1 Å². The van der Waals surface area contributed by atoms with Gasteiger partial charge in [0.2, 0.25) is 5.91 Å². The Labute approximate surface area is 222 Å². The first kappa shape index (κ1) is 26.7. The average molecular weight is 517 g/mol. The number of benzene rings is 3. The lowest BCUT2D eigenvalue weighted by molar-refractivity contribution is -0.129. The minimum atomic E-state index is -1.46. The molecule has 0 bridgehead atoms. The molecular weight excluding hydrogens is 484 g/mol. The first-order valence-electron chi connectivity index (χ1n) is 12.3. The number of methoxy groups -OCH3 is 2. The van der Waals surface area contributed by atoms with Crippen LogP contribution in [-0.2, 0) is 20.9 Å². The first-order chi connectivity index (χ1) is 18.2. The molecule has 0 saturated heterocycles. The molecule has 198 valence electrons. The van der Waals surface area contributed by atoms with E-state index in [9.17, 15) is 14.4 Å². The maximum Gasteiger partial charge on any atom is 0.254 e. The van der Waals surface area contributed by atoms with Gasteiger partial charge in [-0.05, 0) is 67.9 Å². The molecule has 0 radical (unpaired) electrons. The lowest BCUT2D eigenvalue weighted by Crippen LogP contribution is -2.53. The number of hydrogen-bond donors (Lipinski definition) is 1. The summed E-state index contributed by atoms with van der Waals surface area (Å²) in [5.74, 6) is -0.116. The summed E-state index contributed by atoms with van der Waals surface area (Å²) >= 11 is 0. The van der Waals surface area contributed by atoms with E-state index >= 15 is 0 Å². The van der Waals surface area contributed by atoms with Gasteiger partial charge in [0.05, 0.1) is 32.1 Å². The topological polar surface area (TPSA) is 105 Å². The zero-order chi connectivity index (χ0) is 27.4. The van der Waals surface area contributed by atoms with Crippen molar-refractivity contribution in [3.05, 3.63) is 78.4 Å². The van der Waals surface area contributed by atoms with Crippen LogP contribution in [0.5, 0.6) is 11.5 Å². The number of nitrogens with two attached hydrogens (primary N) is 1. The van der Waals surface area contributed by atoms with Crippen LogP contribution >= 0.6 is 0 Å². The SMILES string of the molecule is COc1ccc(CN2C(=O)C(N)C(=O)N(CC(=O)N(c3ccc(OC)cc3)C(C)C)c3ccccc32)cc1. The Morgan fingerprint density at radius 1 is 0.842 bits per heavy atom. The number of para-hydroxylation sites is 2.